The number of piperazine rings is 1. The molecule has 0 saturated carbocycles. The molecule has 1 saturated heterocycles. The summed E-state index contributed by atoms with van der Waals surface area (Å²) in [6, 6.07) is 6.56. The van der Waals surface area contributed by atoms with Gasteiger partial charge < -0.3 is 9.80 Å². The number of pyridine rings is 3. The molecule has 0 N–H and O–H groups in total. The number of carbonyl (C=O) groups excluding carboxylic acids is 1. The minimum Gasteiger partial charge on any atom is -0.350 e. The maximum absolute atomic E-state index is 16.0. The van der Waals surface area contributed by atoms with Crippen LogP contribution in [-0.2, 0) is 4.79 Å². The highest BCUT2D eigenvalue weighted by atomic mass is 32.2. The molecule has 41 heavy (non-hydrogen) atoms. The summed E-state index contributed by atoms with van der Waals surface area (Å²) in [6.07, 6.45) is 6.53. The smallest absolute Gasteiger partial charge is 0.350 e. The number of aryl methyl sites for hydroxylation is 1. The number of carbonyl (C=O) groups is 1. The number of thioether (sulfide) groups is 1. The van der Waals surface area contributed by atoms with Crippen LogP contribution in [0.25, 0.3) is 28.0 Å². The van der Waals surface area contributed by atoms with Crippen LogP contribution >= 0.6 is 11.8 Å². The number of fused-ring (bicyclic) bond motifs is 1. The first-order chi connectivity index (χ1) is 19.7. The maximum Gasteiger partial charge on any atom is 0.355 e. The van der Waals surface area contributed by atoms with Gasteiger partial charge in [-0.15, -0.1) is 11.8 Å². The van der Waals surface area contributed by atoms with Gasteiger partial charge in [-0.2, -0.15) is 4.98 Å². The number of anilines is 1. The predicted octanol–water partition coefficient (Wildman–Crippen LogP) is 4.75. The molecular formula is C30H32FN7O2S. The molecule has 9 nitrogen and oxygen atoms in total. The highest BCUT2D eigenvalue weighted by molar-refractivity contribution is 7.98. The topological polar surface area (TPSA) is 97.1 Å². The Morgan fingerprint density at radius 3 is 2.66 bits per heavy atom. The van der Waals surface area contributed by atoms with Crippen LogP contribution in [0.5, 0.6) is 0 Å². The van der Waals surface area contributed by atoms with E-state index in [4.69, 9.17) is 4.98 Å². The van der Waals surface area contributed by atoms with Crippen LogP contribution in [0.1, 0.15) is 37.9 Å². The van der Waals surface area contributed by atoms with Gasteiger partial charge in [0.15, 0.2) is 5.65 Å². The quantitative estimate of drug-likeness (QED) is 0.241. The van der Waals surface area contributed by atoms with E-state index in [9.17, 15) is 9.59 Å². The second kappa shape index (κ2) is 11.4. The van der Waals surface area contributed by atoms with Crippen molar-refractivity contribution in [1.82, 2.24) is 29.4 Å². The molecule has 212 valence electrons. The lowest BCUT2D eigenvalue weighted by molar-refractivity contribution is -0.126. The van der Waals surface area contributed by atoms with E-state index < -0.39 is 11.5 Å². The molecule has 1 amide bonds. The van der Waals surface area contributed by atoms with Gasteiger partial charge in [0.1, 0.15) is 22.4 Å². The number of hydrogen-bond donors (Lipinski definition) is 0. The third-order valence-corrected chi connectivity index (χ3v) is 8.04. The van der Waals surface area contributed by atoms with E-state index in [1.807, 2.05) is 44.9 Å². The second-order valence-electron chi connectivity index (χ2n) is 10.4. The van der Waals surface area contributed by atoms with Crippen molar-refractivity contribution in [3.8, 4) is 16.9 Å². The van der Waals surface area contributed by atoms with E-state index in [0.717, 1.165) is 5.56 Å². The number of amides is 1. The van der Waals surface area contributed by atoms with Gasteiger partial charge >= 0.3 is 5.69 Å². The van der Waals surface area contributed by atoms with Crippen LogP contribution in [0.15, 0.2) is 59.1 Å². The Labute approximate surface area is 242 Å². The summed E-state index contributed by atoms with van der Waals surface area (Å²) in [4.78, 5) is 48.2. The molecule has 0 spiro atoms. The molecule has 0 aliphatic carbocycles. The van der Waals surface area contributed by atoms with Gasteiger partial charge in [0.05, 0.1) is 16.8 Å². The Hall–Kier alpha value is -4.12. The SMILES string of the molecule is C=CC(=O)N1CCN(c2nc(=O)n(-c3c(C)ccnc3C(C)C)c3nc(-c4cccnc4SC)c(F)cc23)C(C)C1. The lowest BCUT2D eigenvalue weighted by atomic mass is 10.0. The number of nitrogens with zero attached hydrogens (tertiary/aromatic N) is 7. The molecule has 1 aliphatic rings. The lowest BCUT2D eigenvalue weighted by Gasteiger charge is -2.40. The zero-order valence-electron chi connectivity index (χ0n) is 23.8. The Morgan fingerprint density at radius 2 is 1.98 bits per heavy atom. The van der Waals surface area contributed by atoms with Crippen molar-refractivity contribution in [2.45, 2.75) is 44.7 Å². The highest BCUT2D eigenvalue weighted by Crippen LogP contribution is 2.35. The largest absolute Gasteiger partial charge is 0.355 e. The predicted molar refractivity (Wildman–Crippen MR) is 160 cm³/mol. The number of halogens is 1. The van der Waals surface area contributed by atoms with E-state index in [1.54, 1.807) is 29.4 Å². The van der Waals surface area contributed by atoms with Crippen LogP contribution < -0.4 is 10.6 Å². The van der Waals surface area contributed by atoms with Crippen molar-refractivity contribution in [3.05, 3.63) is 76.9 Å². The van der Waals surface area contributed by atoms with Crippen LogP contribution in [0, 0.1) is 12.7 Å². The Bertz CT molecular complexity index is 1720. The molecule has 11 heteroatoms. The molecule has 1 unspecified atom stereocenters. The van der Waals surface area contributed by atoms with Crippen LogP contribution in [-0.4, -0.2) is 67.2 Å². The summed E-state index contributed by atoms with van der Waals surface area (Å²) in [7, 11) is 0. The number of aromatic nitrogens is 5. The van der Waals surface area contributed by atoms with Gasteiger partial charge in [-0.1, -0.05) is 20.4 Å². The monoisotopic (exact) mass is 573 g/mol. The van der Waals surface area contributed by atoms with Crippen LogP contribution in [0.4, 0.5) is 10.2 Å². The first kappa shape index (κ1) is 28.4. The van der Waals surface area contributed by atoms with Crippen molar-refractivity contribution in [2.24, 2.45) is 0 Å². The molecule has 4 aromatic heterocycles. The van der Waals surface area contributed by atoms with Gasteiger partial charge in [-0.25, -0.2) is 23.7 Å². The molecule has 1 atom stereocenters. The highest BCUT2D eigenvalue weighted by Gasteiger charge is 2.30. The molecule has 5 rings (SSSR count). The fourth-order valence-electron chi connectivity index (χ4n) is 5.34. The Morgan fingerprint density at radius 1 is 1.20 bits per heavy atom. The Kier molecular flexibility index (Phi) is 7.90. The number of rotatable bonds is 6. The first-order valence-corrected chi connectivity index (χ1v) is 14.6. The fraction of sp³-hybridized carbons (Fsp3) is 0.333. The molecular weight excluding hydrogens is 541 g/mol. The second-order valence-corrected chi connectivity index (χ2v) is 11.1. The van der Waals surface area contributed by atoms with Crippen molar-refractivity contribution < 1.29 is 9.18 Å². The number of hydrogen-bond acceptors (Lipinski definition) is 8. The fourth-order valence-corrected chi connectivity index (χ4v) is 5.89. The van der Waals surface area contributed by atoms with E-state index in [2.05, 4.69) is 21.5 Å². The van der Waals surface area contributed by atoms with Gasteiger partial charge in [0.2, 0.25) is 5.91 Å². The zero-order chi connectivity index (χ0) is 29.4. The van der Waals surface area contributed by atoms with E-state index >= 15 is 4.39 Å². The van der Waals surface area contributed by atoms with Crippen molar-refractivity contribution >= 4 is 34.5 Å². The van der Waals surface area contributed by atoms with Gasteiger partial charge in [-0.05, 0) is 61.9 Å². The third-order valence-electron chi connectivity index (χ3n) is 7.33. The van der Waals surface area contributed by atoms with Crippen molar-refractivity contribution in [3.63, 3.8) is 0 Å². The summed E-state index contributed by atoms with van der Waals surface area (Å²) in [5, 5.41) is 1.02. The van der Waals surface area contributed by atoms with E-state index in [-0.39, 0.29) is 29.2 Å². The molecule has 0 radical (unpaired) electrons. The average molecular weight is 574 g/mol. The molecule has 1 fully saturated rings. The van der Waals surface area contributed by atoms with Crippen molar-refractivity contribution in [1.29, 1.82) is 0 Å². The summed E-state index contributed by atoms with van der Waals surface area (Å²) in [6.45, 7) is 12.7. The normalized spacial score (nSPS) is 15.5. The van der Waals surface area contributed by atoms with Gasteiger partial charge in [0, 0.05) is 43.6 Å². The molecule has 0 aromatic carbocycles. The molecule has 1 aliphatic heterocycles. The standard InChI is InChI=1S/C30H32FN7O2S/c1-7-23(39)36-13-14-37(19(5)16-36)27-21-15-22(31)25(20-9-8-11-33-29(20)41-6)34-28(21)38(30(40)35-27)26-18(4)10-12-32-24(26)17(2)3/h7-12,15,17,19H,1,13-14,16H2,2-6H3. The maximum atomic E-state index is 16.0. The minimum absolute atomic E-state index is 0.00311. The zero-order valence-corrected chi connectivity index (χ0v) is 24.6. The lowest BCUT2D eigenvalue weighted by Crippen LogP contribution is -2.54. The summed E-state index contributed by atoms with van der Waals surface area (Å²) in [5.41, 5.74) is 2.51. The summed E-state index contributed by atoms with van der Waals surface area (Å²) < 4.78 is 17.4. The van der Waals surface area contributed by atoms with Crippen LogP contribution in [0.3, 0.4) is 0 Å². The van der Waals surface area contributed by atoms with E-state index in [1.165, 1.54) is 28.5 Å². The third kappa shape index (κ3) is 5.10. The first-order valence-electron chi connectivity index (χ1n) is 13.4. The minimum atomic E-state index is -0.547. The van der Waals surface area contributed by atoms with Crippen molar-refractivity contribution in [2.75, 3.05) is 30.8 Å². The summed E-state index contributed by atoms with van der Waals surface area (Å²) >= 11 is 1.39. The molecule has 0 bridgehead atoms. The molecule has 4 aromatic rings. The average Bonchev–Trinajstić information content (AvgIpc) is 2.96. The van der Waals surface area contributed by atoms with E-state index in [0.29, 0.717) is 52.8 Å². The summed E-state index contributed by atoms with van der Waals surface area (Å²) in [5.74, 6) is -0.365. The van der Waals surface area contributed by atoms with Gasteiger partial charge in [0.25, 0.3) is 0 Å². The molecule has 5 heterocycles. The van der Waals surface area contributed by atoms with Crippen LogP contribution in [0.2, 0.25) is 0 Å². The Balaban J connectivity index is 1.82. The van der Waals surface area contributed by atoms with Gasteiger partial charge in [-0.3, -0.25) is 9.78 Å².